The molecule has 0 unspecified atom stereocenters. The van der Waals surface area contributed by atoms with Crippen LogP contribution in [0.1, 0.15) is 32.1 Å². The lowest BCUT2D eigenvalue weighted by Gasteiger charge is -2.31. The largest absolute Gasteiger partial charge is 0.389 e. The second-order valence-electron chi connectivity index (χ2n) is 4.65. The van der Waals surface area contributed by atoms with Crippen LogP contribution in [0.3, 0.4) is 0 Å². The fraction of sp³-hybridized carbons (Fsp3) is 0.538. The van der Waals surface area contributed by atoms with Gasteiger partial charge in [0.2, 0.25) is 0 Å². The number of rotatable bonds is 3. The summed E-state index contributed by atoms with van der Waals surface area (Å²) in [6.07, 6.45) is 4.79. The fourth-order valence-corrected chi connectivity index (χ4v) is 3.23. The monoisotopic (exact) mass is 258 g/mol. The van der Waals surface area contributed by atoms with Gasteiger partial charge in [-0.3, -0.25) is 0 Å². The lowest BCUT2D eigenvalue weighted by atomic mass is 9.86. The molecule has 1 saturated carbocycles. The van der Waals surface area contributed by atoms with E-state index in [1.54, 1.807) is 0 Å². The molecule has 0 heterocycles. The average molecular weight is 258 g/mol. The maximum Gasteiger partial charge on any atom is 0.139 e. The molecule has 1 fully saturated rings. The summed E-state index contributed by atoms with van der Waals surface area (Å²) in [5.74, 6) is -0.632. The van der Waals surface area contributed by atoms with E-state index in [1.165, 1.54) is 23.9 Å². The minimum atomic E-state index is -0.677. The zero-order valence-corrected chi connectivity index (χ0v) is 10.4. The summed E-state index contributed by atoms with van der Waals surface area (Å²) in [6.45, 7) is 0. The summed E-state index contributed by atoms with van der Waals surface area (Å²) in [5, 5.41) is 10.3. The molecule has 1 aliphatic rings. The van der Waals surface area contributed by atoms with Crippen molar-refractivity contribution < 1.29 is 13.9 Å². The van der Waals surface area contributed by atoms with Crippen molar-refractivity contribution in [3.05, 3.63) is 29.8 Å². The molecule has 0 saturated heterocycles. The molecule has 0 amide bonds. The molecule has 0 aromatic heterocycles. The smallest absolute Gasteiger partial charge is 0.139 e. The molecule has 17 heavy (non-hydrogen) atoms. The minimum absolute atomic E-state index is 0.408. The van der Waals surface area contributed by atoms with Gasteiger partial charge in [0.1, 0.15) is 11.6 Å². The Morgan fingerprint density at radius 2 is 1.88 bits per heavy atom. The molecule has 94 valence electrons. The Hall–Kier alpha value is -0.610. The molecule has 0 radical (unpaired) electrons. The Balaban J connectivity index is 1.97. The van der Waals surface area contributed by atoms with E-state index < -0.39 is 17.2 Å². The summed E-state index contributed by atoms with van der Waals surface area (Å²) in [7, 11) is 0. The maximum absolute atomic E-state index is 13.4. The van der Waals surface area contributed by atoms with Gasteiger partial charge in [-0.05, 0) is 25.0 Å². The van der Waals surface area contributed by atoms with Crippen molar-refractivity contribution in [3.8, 4) is 0 Å². The number of benzene rings is 1. The topological polar surface area (TPSA) is 20.2 Å². The van der Waals surface area contributed by atoms with Crippen LogP contribution in [0, 0.1) is 11.6 Å². The van der Waals surface area contributed by atoms with Crippen LogP contribution in [0.4, 0.5) is 8.78 Å². The first kappa shape index (κ1) is 12.8. The first-order valence-electron chi connectivity index (χ1n) is 5.89. The molecule has 1 aliphatic carbocycles. The first-order chi connectivity index (χ1) is 8.09. The van der Waals surface area contributed by atoms with Gasteiger partial charge in [-0.2, -0.15) is 0 Å². The standard InChI is InChI=1S/C13H16F2OS/c14-10-4-5-12(11(15)8-10)17-9-13(16)6-2-1-3-7-13/h4-5,8,16H,1-3,6-7,9H2. The summed E-state index contributed by atoms with van der Waals surface area (Å²) >= 11 is 1.27. The Morgan fingerprint density at radius 3 is 2.53 bits per heavy atom. The van der Waals surface area contributed by atoms with Crippen LogP contribution in [0.15, 0.2) is 23.1 Å². The molecular formula is C13H16F2OS. The minimum Gasteiger partial charge on any atom is -0.389 e. The zero-order valence-electron chi connectivity index (χ0n) is 9.59. The van der Waals surface area contributed by atoms with Gasteiger partial charge in [0.15, 0.2) is 0 Å². The highest BCUT2D eigenvalue weighted by molar-refractivity contribution is 7.99. The van der Waals surface area contributed by atoms with E-state index in [2.05, 4.69) is 0 Å². The first-order valence-corrected chi connectivity index (χ1v) is 6.88. The van der Waals surface area contributed by atoms with E-state index in [4.69, 9.17) is 0 Å². The van der Waals surface area contributed by atoms with E-state index in [1.807, 2.05) is 0 Å². The third-order valence-electron chi connectivity index (χ3n) is 3.17. The summed E-state index contributed by atoms with van der Waals surface area (Å²) in [5.41, 5.74) is -0.677. The summed E-state index contributed by atoms with van der Waals surface area (Å²) in [4.78, 5) is 0.408. The molecule has 0 spiro atoms. The van der Waals surface area contributed by atoms with E-state index in [0.717, 1.165) is 38.2 Å². The van der Waals surface area contributed by atoms with Crippen molar-refractivity contribution in [1.29, 1.82) is 0 Å². The predicted octanol–water partition coefficient (Wildman–Crippen LogP) is 3.75. The van der Waals surface area contributed by atoms with Gasteiger partial charge >= 0.3 is 0 Å². The van der Waals surface area contributed by atoms with Gasteiger partial charge in [-0.1, -0.05) is 19.3 Å². The van der Waals surface area contributed by atoms with Gasteiger partial charge in [0.25, 0.3) is 0 Å². The molecule has 0 bridgehead atoms. The second-order valence-corrected chi connectivity index (χ2v) is 5.67. The quantitative estimate of drug-likeness (QED) is 0.833. The van der Waals surface area contributed by atoms with Crippen molar-refractivity contribution in [3.63, 3.8) is 0 Å². The highest BCUT2D eigenvalue weighted by Crippen LogP contribution is 2.34. The Kier molecular flexibility index (Phi) is 4.05. The van der Waals surface area contributed by atoms with Crippen molar-refractivity contribution in [2.24, 2.45) is 0 Å². The Bertz CT molecular complexity index is 389. The number of hydrogen-bond donors (Lipinski definition) is 1. The van der Waals surface area contributed by atoms with Crippen LogP contribution in [-0.4, -0.2) is 16.5 Å². The molecule has 1 N–H and O–H groups in total. The van der Waals surface area contributed by atoms with E-state index in [9.17, 15) is 13.9 Å². The Labute approximate surface area is 104 Å². The van der Waals surface area contributed by atoms with Crippen molar-refractivity contribution >= 4 is 11.8 Å². The molecule has 0 aliphatic heterocycles. The SMILES string of the molecule is OC1(CSc2ccc(F)cc2F)CCCCC1. The number of aliphatic hydroxyl groups is 1. The number of hydrogen-bond acceptors (Lipinski definition) is 2. The third-order valence-corrected chi connectivity index (χ3v) is 4.50. The lowest BCUT2D eigenvalue weighted by Crippen LogP contribution is -2.34. The van der Waals surface area contributed by atoms with E-state index >= 15 is 0 Å². The van der Waals surface area contributed by atoms with E-state index in [-0.39, 0.29) is 0 Å². The summed E-state index contributed by atoms with van der Waals surface area (Å²) < 4.78 is 26.1. The fourth-order valence-electron chi connectivity index (χ4n) is 2.16. The number of thioether (sulfide) groups is 1. The molecule has 1 aromatic carbocycles. The zero-order chi connectivity index (χ0) is 12.3. The van der Waals surface area contributed by atoms with Gasteiger partial charge < -0.3 is 5.11 Å². The maximum atomic E-state index is 13.4. The molecule has 1 nitrogen and oxygen atoms in total. The van der Waals surface area contributed by atoms with Gasteiger partial charge in [-0.15, -0.1) is 11.8 Å². The Morgan fingerprint density at radius 1 is 1.18 bits per heavy atom. The highest BCUT2D eigenvalue weighted by Gasteiger charge is 2.29. The predicted molar refractivity (Wildman–Crippen MR) is 65.1 cm³/mol. The van der Waals surface area contributed by atoms with Crippen LogP contribution in [0.25, 0.3) is 0 Å². The summed E-state index contributed by atoms with van der Waals surface area (Å²) in [6, 6.07) is 3.56. The van der Waals surface area contributed by atoms with Crippen LogP contribution < -0.4 is 0 Å². The molecule has 4 heteroatoms. The number of halogens is 2. The van der Waals surface area contributed by atoms with Gasteiger partial charge in [0, 0.05) is 16.7 Å². The van der Waals surface area contributed by atoms with Crippen molar-refractivity contribution in [2.75, 3.05) is 5.75 Å². The van der Waals surface area contributed by atoms with Crippen LogP contribution >= 0.6 is 11.8 Å². The average Bonchev–Trinajstić information content (AvgIpc) is 2.29. The second kappa shape index (κ2) is 5.36. The van der Waals surface area contributed by atoms with Crippen molar-refractivity contribution in [1.82, 2.24) is 0 Å². The normalized spacial score (nSPS) is 19.2. The molecule has 0 atom stereocenters. The highest BCUT2D eigenvalue weighted by atomic mass is 32.2. The molecular weight excluding hydrogens is 242 g/mol. The molecule has 1 aromatic rings. The van der Waals surface area contributed by atoms with Crippen molar-refractivity contribution in [2.45, 2.75) is 42.6 Å². The van der Waals surface area contributed by atoms with Gasteiger partial charge in [0.05, 0.1) is 5.60 Å². The third kappa shape index (κ3) is 3.42. The molecule has 2 rings (SSSR count). The van der Waals surface area contributed by atoms with Crippen LogP contribution in [0.5, 0.6) is 0 Å². The van der Waals surface area contributed by atoms with Crippen LogP contribution in [0.2, 0.25) is 0 Å². The lowest BCUT2D eigenvalue weighted by molar-refractivity contribution is 0.0273. The van der Waals surface area contributed by atoms with Crippen LogP contribution in [-0.2, 0) is 0 Å². The van der Waals surface area contributed by atoms with Gasteiger partial charge in [-0.25, -0.2) is 8.78 Å². The van der Waals surface area contributed by atoms with E-state index in [0.29, 0.717) is 10.6 Å².